The van der Waals surface area contributed by atoms with Gasteiger partial charge in [0.1, 0.15) is 5.75 Å². The lowest BCUT2D eigenvalue weighted by Crippen LogP contribution is -2.00. The Labute approximate surface area is 120 Å². The lowest BCUT2D eigenvalue weighted by molar-refractivity contribution is 0.501. The van der Waals surface area contributed by atoms with Crippen LogP contribution in [-0.2, 0) is 24.6 Å². The highest BCUT2D eigenvalue weighted by Crippen LogP contribution is 2.48. The number of hydrogen-bond donors (Lipinski definition) is 2. The van der Waals surface area contributed by atoms with Crippen LogP contribution in [0.5, 0.6) is 5.75 Å². The van der Waals surface area contributed by atoms with Crippen LogP contribution in [0.15, 0.2) is 12.1 Å². The fourth-order valence-electron chi connectivity index (χ4n) is 2.12. The largest absolute Gasteiger partial charge is 0.436 e. The standard InChI is InChI=1S/C13H21O2PS2/c1-4-6-11-8-9-13(15-16(14,17)18)10(3)12(11)7-5-2/h8-9H,4-7H2,1-3H3,(H2,14,17,18). The topological polar surface area (TPSA) is 29.5 Å². The van der Waals surface area contributed by atoms with E-state index in [1.807, 2.05) is 13.0 Å². The van der Waals surface area contributed by atoms with Gasteiger partial charge in [-0.3, -0.25) is 0 Å². The average Bonchev–Trinajstić information content (AvgIpc) is 2.26. The third-order valence-corrected chi connectivity index (χ3v) is 3.79. The van der Waals surface area contributed by atoms with Crippen molar-refractivity contribution in [3.63, 3.8) is 0 Å². The van der Waals surface area contributed by atoms with Crippen molar-refractivity contribution in [3.8, 4) is 5.75 Å². The SMILES string of the molecule is CCCc1ccc(OP(O)(=S)S)c(C)c1CCC. The van der Waals surface area contributed by atoms with Gasteiger partial charge in [0.25, 0.3) is 5.69 Å². The van der Waals surface area contributed by atoms with Crippen molar-refractivity contribution in [1.82, 2.24) is 0 Å². The molecule has 1 aromatic carbocycles. The van der Waals surface area contributed by atoms with Gasteiger partial charge in [0, 0.05) is 0 Å². The summed E-state index contributed by atoms with van der Waals surface area (Å²) < 4.78 is 5.40. The van der Waals surface area contributed by atoms with E-state index in [1.54, 1.807) is 0 Å². The summed E-state index contributed by atoms with van der Waals surface area (Å²) in [6.45, 7) is 6.37. The fourth-order valence-corrected chi connectivity index (χ4v) is 3.08. The zero-order chi connectivity index (χ0) is 13.8. The molecule has 1 aromatic rings. The predicted molar refractivity (Wildman–Crippen MR) is 85.3 cm³/mol. The fraction of sp³-hybridized carbons (Fsp3) is 0.538. The molecule has 0 aromatic heterocycles. The summed E-state index contributed by atoms with van der Waals surface area (Å²) in [4.78, 5) is 9.56. The number of benzene rings is 1. The Kier molecular flexibility index (Phi) is 6.19. The quantitative estimate of drug-likeness (QED) is 0.602. The van der Waals surface area contributed by atoms with Crippen LogP contribution in [0.1, 0.15) is 43.4 Å². The molecule has 2 nitrogen and oxygen atoms in total. The van der Waals surface area contributed by atoms with E-state index >= 15 is 0 Å². The zero-order valence-corrected chi connectivity index (χ0v) is 13.7. The summed E-state index contributed by atoms with van der Waals surface area (Å²) in [7, 11) is 0. The van der Waals surface area contributed by atoms with E-state index in [-0.39, 0.29) is 0 Å². The molecule has 0 saturated heterocycles. The highest BCUT2D eigenvalue weighted by Gasteiger charge is 2.14. The second kappa shape index (κ2) is 6.95. The molecule has 0 fully saturated rings. The number of aryl methyl sites for hydroxylation is 1. The lowest BCUT2D eigenvalue weighted by atomic mass is 9.94. The molecule has 0 saturated carbocycles. The van der Waals surface area contributed by atoms with Crippen LogP contribution in [0, 0.1) is 6.92 Å². The molecule has 0 aliphatic carbocycles. The Morgan fingerprint density at radius 2 is 1.89 bits per heavy atom. The van der Waals surface area contributed by atoms with Crippen molar-refractivity contribution in [2.75, 3.05) is 0 Å². The molecule has 0 heterocycles. The monoisotopic (exact) mass is 304 g/mol. The summed E-state index contributed by atoms with van der Waals surface area (Å²) in [6, 6.07) is 3.97. The maximum Gasteiger partial charge on any atom is 0.291 e. The van der Waals surface area contributed by atoms with E-state index < -0.39 is 5.69 Å². The molecule has 1 atom stereocenters. The molecule has 0 aliphatic heterocycles. The van der Waals surface area contributed by atoms with Crippen LogP contribution in [-0.4, -0.2) is 4.89 Å². The lowest BCUT2D eigenvalue weighted by Gasteiger charge is -2.18. The second-order valence-electron chi connectivity index (χ2n) is 4.41. The molecule has 5 heteroatoms. The van der Waals surface area contributed by atoms with Crippen LogP contribution in [0.4, 0.5) is 0 Å². The first-order chi connectivity index (χ1) is 8.39. The highest BCUT2D eigenvalue weighted by molar-refractivity contribution is 8.59. The van der Waals surface area contributed by atoms with Gasteiger partial charge in [0.05, 0.1) is 0 Å². The number of thiol groups is 1. The molecular weight excluding hydrogens is 283 g/mol. The molecule has 0 spiro atoms. The maximum atomic E-state index is 9.56. The van der Waals surface area contributed by atoms with E-state index in [0.29, 0.717) is 5.75 Å². The summed E-state index contributed by atoms with van der Waals surface area (Å²) in [6.07, 6.45) is 4.32. The molecule has 1 N–H and O–H groups in total. The summed E-state index contributed by atoms with van der Waals surface area (Å²) in [5, 5.41) is 0. The Morgan fingerprint density at radius 3 is 2.39 bits per heavy atom. The van der Waals surface area contributed by atoms with Crippen LogP contribution < -0.4 is 4.52 Å². The molecule has 1 rings (SSSR count). The van der Waals surface area contributed by atoms with Crippen LogP contribution >= 0.6 is 17.9 Å². The third kappa shape index (κ3) is 4.58. The van der Waals surface area contributed by atoms with Crippen molar-refractivity contribution in [2.45, 2.75) is 46.5 Å². The van der Waals surface area contributed by atoms with Gasteiger partial charge in [-0.15, -0.1) is 0 Å². The van der Waals surface area contributed by atoms with Gasteiger partial charge < -0.3 is 9.42 Å². The van der Waals surface area contributed by atoms with Crippen LogP contribution in [0.3, 0.4) is 0 Å². The van der Waals surface area contributed by atoms with E-state index in [1.165, 1.54) is 11.1 Å². The van der Waals surface area contributed by atoms with Gasteiger partial charge >= 0.3 is 0 Å². The minimum atomic E-state index is -2.96. The first kappa shape index (κ1) is 16.0. The van der Waals surface area contributed by atoms with E-state index in [2.05, 4.69) is 32.2 Å². The Hall–Kier alpha value is -0.0200. The Balaban J connectivity index is 3.16. The summed E-state index contributed by atoms with van der Waals surface area (Å²) in [5.41, 5.74) is 0.825. The average molecular weight is 304 g/mol. The highest BCUT2D eigenvalue weighted by atomic mass is 32.9. The van der Waals surface area contributed by atoms with Gasteiger partial charge in [-0.25, -0.2) is 0 Å². The van der Waals surface area contributed by atoms with Crippen LogP contribution in [0.25, 0.3) is 0 Å². The third-order valence-electron chi connectivity index (χ3n) is 2.88. The number of hydrogen-bond acceptors (Lipinski definition) is 2. The minimum absolute atomic E-state index is 0.666. The summed E-state index contributed by atoms with van der Waals surface area (Å²) in [5.74, 6) is 0.666. The van der Waals surface area contributed by atoms with Crippen molar-refractivity contribution in [3.05, 3.63) is 28.8 Å². The van der Waals surface area contributed by atoms with Crippen molar-refractivity contribution >= 4 is 29.7 Å². The first-order valence-corrected chi connectivity index (χ1v) is 10.1. The van der Waals surface area contributed by atoms with Gasteiger partial charge in [-0.05, 0) is 54.3 Å². The molecule has 0 aliphatic rings. The van der Waals surface area contributed by atoms with Crippen molar-refractivity contribution < 1.29 is 9.42 Å². The first-order valence-electron chi connectivity index (χ1n) is 6.25. The second-order valence-corrected chi connectivity index (χ2v) is 9.50. The van der Waals surface area contributed by atoms with Gasteiger partial charge in [0.2, 0.25) is 0 Å². The maximum absolute atomic E-state index is 9.56. The van der Waals surface area contributed by atoms with E-state index in [9.17, 15) is 4.89 Å². The predicted octanol–water partition coefficient (Wildman–Crippen LogP) is 4.43. The molecule has 0 amide bonds. The molecular formula is C13H21O2PS2. The molecule has 1 unspecified atom stereocenters. The molecule has 102 valence electrons. The minimum Gasteiger partial charge on any atom is -0.436 e. The normalized spacial score (nSPS) is 14.3. The van der Waals surface area contributed by atoms with Crippen LogP contribution in [0.2, 0.25) is 0 Å². The van der Waals surface area contributed by atoms with Crippen molar-refractivity contribution in [2.24, 2.45) is 0 Å². The van der Waals surface area contributed by atoms with Gasteiger partial charge in [-0.2, -0.15) is 0 Å². The zero-order valence-electron chi connectivity index (χ0n) is 11.1. The molecule has 18 heavy (non-hydrogen) atoms. The van der Waals surface area contributed by atoms with Crippen molar-refractivity contribution in [1.29, 1.82) is 0 Å². The summed E-state index contributed by atoms with van der Waals surface area (Å²) >= 11 is 8.75. The molecule has 0 bridgehead atoms. The smallest absolute Gasteiger partial charge is 0.291 e. The number of rotatable bonds is 6. The van der Waals surface area contributed by atoms with Gasteiger partial charge in [-0.1, -0.05) is 45.0 Å². The van der Waals surface area contributed by atoms with E-state index in [4.69, 9.17) is 16.3 Å². The van der Waals surface area contributed by atoms with Gasteiger partial charge in [0.15, 0.2) is 0 Å². The van der Waals surface area contributed by atoms with E-state index in [0.717, 1.165) is 31.2 Å². The Morgan fingerprint density at radius 1 is 1.28 bits per heavy atom. The molecule has 0 radical (unpaired) electrons. The Bertz CT molecular complexity index is 455.